The molecule has 0 aliphatic heterocycles. The minimum atomic E-state index is -1.42. The summed E-state index contributed by atoms with van der Waals surface area (Å²) in [5, 5.41) is 27.8. The Morgan fingerprint density at radius 3 is 1.83 bits per heavy atom. The highest BCUT2D eigenvalue weighted by Gasteiger charge is 2.32. The highest BCUT2D eigenvalue weighted by molar-refractivity contribution is 5.97. The Morgan fingerprint density at radius 1 is 0.690 bits per heavy atom. The number of carbonyl (C=O) groups is 7. The monoisotopic (exact) mass is 590 g/mol. The van der Waals surface area contributed by atoms with Crippen LogP contribution in [0.5, 0.6) is 0 Å². The van der Waals surface area contributed by atoms with Gasteiger partial charge in [-0.3, -0.25) is 33.6 Å². The second-order valence-corrected chi connectivity index (χ2v) is 10.5. The lowest BCUT2D eigenvalue weighted by atomic mass is 9.99. The van der Waals surface area contributed by atoms with Gasteiger partial charge in [0, 0.05) is 13.3 Å². The fourth-order valence-corrected chi connectivity index (χ4v) is 4.13. The Kier molecular flexibility index (Phi) is 15.5. The maximum absolute atomic E-state index is 13.1. The normalized spacial score (nSPS) is 13.6. The number of carbonyl (C=O) groups excluding carboxylic acids is 5. The summed E-state index contributed by atoms with van der Waals surface area (Å²) in [6.07, 6.45) is 1.74. The topological polar surface area (TPSA) is 208 Å². The van der Waals surface area contributed by atoms with E-state index in [4.69, 9.17) is 5.11 Å². The van der Waals surface area contributed by atoms with E-state index in [-0.39, 0.29) is 6.42 Å². The zero-order chi connectivity index (χ0) is 31.8. The third-order valence-corrected chi connectivity index (χ3v) is 6.39. The van der Waals surface area contributed by atoms with E-state index in [9.17, 15) is 38.7 Å². The van der Waals surface area contributed by atoms with Gasteiger partial charge in [-0.2, -0.15) is 0 Å². The number of carboxylic acids is 2. The minimum Gasteiger partial charge on any atom is -0.481 e. The van der Waals surface area contributed by atoms with Gasteiger partial charge < -0.3 is 31.5 Å². The number of amides is 4. The molecule has 0 radical (unpaired) electrons. The van der Waals surface area contributed by atoms with E-state index in [1.165, 1.54) is 12.5 Å². The van der Waals surface area contributed by atoms with E-state index in [1.54, 1.807) is 13.8 Å². The summed E-state index contributed by atoms with van der Waals surface area (Å²) in [4.78, 5) is 84.9. The maximum atomic E-state index is 13.1. The van der Waals surface area contributed by atoms with Gasteiger partial charge in [0.25, 0.3) is 0 Å². The van der Waals surface area contributed by atoms with Crippen LogP contribution in [0.2, 0.25) is 0 Å². The number of ketones is 1. The third kappa shape index (κ3) is 13.9. The Bertz CT molecular complexity index is 1090. The van der Waals surface area contributed by atoms with Crippen LogP contribution in [-0.2, 0) is 40.0 Å². The molecule has 1 aromatic carbocycles. The van der Waals surface area contributed by atoms with Crippen molar-refractivity contribution in [1.29, 1.82) is 0 Å². The molecule has 0 fully saturated rings. The molecule has 0 heterocycles. The average Bonchev–Trinajstić information content (AvgIpc) is 2.89. The first kappa shape index (κ1) is 35.7. The van der Waals surface area contributed by atoms with Crippen molar-refractivity contribution in [3.63, 3.8) is 0 Å². The van der Waals surface area contributed by atoms with Gasteiger partial charge in [0.15, 0.2) is 5.78 Å². The molecule has 4 atom stereocenters. The first-order valence-corrected chi connectivity index (χ1v) is 13.9. The number of nitrogens with one attached hydrogen (secondary N) is 4. The summed E-state index contributed by atoms with van der Waals surface area (Å²) in [5.41, 5.74) is 1.18. The standard InChI is InChI=1S/C29H42N4O9/c1-17(2)26(33-27(40)18(3)30-28(41)22(16-25(38)39)31-19(4)34)29(42)32-21(15-24(36)37)23(35)14-10-6-9-13-20-11-7-5-8-12-20/h5,7-8,11-12,17-18,21-22,26H,6,9-10,13-16H2,1-4H3,(H,30,41)(H,31,34)(H,32,42)(H,33,40)(H,36,37)(H,38,39). The third-order valence-electron chi connectivity index (χ3n) is 6.39. The first-order valence-electron chi connectivity index (χ1n) is 13.9. The van der Waals surface area contributed by atoms with E-state index in [0.29, 0.717) is 6.42 Å². The van der Waals surface area contributed by atoms with Crippen LogP contribution < -0.4 is 21.3 Å². The zero-order valence-corrected chi connectivity index (χ0v) is 24.5. The lowest BCUT2D eigenvalue weighted by Gasteiger charge is -2.26. The molecular formula is C29H42N4O9. The van der Waals surface area contributed by atoms with Gasteiger partial charge in [-0.15, -0.1) is 0 Å². The molecule has 232 valence electrons. The largest absolute Gasteiger partial charge is 0.481 e. The second kappa shape index (κ2) is 18.2. The van der Waals surface area contributed by atoms with Crippen LogP contribution in [-0.4, -0.2) is 75.7 Å². The van der Waals surface area contributed by atoms with Crippen molar-refractivity contribution in [3.8, 4) is 0 Å². The molecule has 0 saturated heterocycles. The number of rotatable bonds is 19. The van der Waals surface area contributed by atoms with Gasteiger partial charge in [0.2, 0.25) is 23.6 Å². The molecule has 42 heavy (non-hydrogen) atoms. The van der Waals surface area contributed by atoms with Crippen molar-refractivity contribution < 1.29 is 43.8 Å². The smallest absolute Gasteiger partial charge is 0.305 e. The van der Waals surface area contributed by atoms with Crippen LogP contribution in [0, 0.1) is 5.92 Å². The summed E-state index contributed by atoms with van der Waals surface area (Å²) in [6.45, 7) is 5.68. The number of Topliss-reactive ketones (excluding diaryl/α,β-unsaturated/α-hetero) is 1. The van der Waals surface area contributed by atoms with Gasteiger partial charge in [-0.1, -0.05) is 50.6 Å². The molecule has 13 heteroatoms. The van der Waals surface area contributed by atoms with Crippen molar-refractivity contribution >= 4 is 41.4 Å². The van der Waals surface area contributed by atoms with Gasteiger partial charge in [-0.05, 0) is 37.7 Å². The van der Waals surface area contributed by atoms with Crippen molar-refractivity contribution in [2.45, 2.75) is 96.8 Å². The number of unbranched alkanes of at least 4 members (excludes halogenated alkanes) is 2. The molecule has 4 unspecified atom stereocenters. The lowest BCUT2D eigenvalue weighted by Crippen LogP contribution is -2.58. The first-order chi connectivity index (χ1) is 19.7. The quantitative estimate of drug-likeness (QED) is 0.127. The molecule has 0 bridgehead atoms. The number of benzene rings is 1. The van der Waals surface area contributed by atoms with Crippen LogP contribution in [0.15, 0.2) is 30.3 Å². The molecule has 0 spiro atoms. The Morgan fingerprint density at radius 2 is 1.29 bits per heavy atom. The molecule has 1 aromatic rings. The van der Waals surface area contributed by atoms with E-state index >= 15 is 0 Å². The molecule has 0 saturated carbocycles. The van der Waals surface area contributed by atoms with Crippen LogP contribution in [0.1, 0.15) is 71.8 Å². The summed E-state index contributed by atoms with van der Waals surface area (Å²) >= 11 is 0. The molecule has 1 rings (SSSR count). The highest BCUT2D eigenvalue weighted by Crippen LogP contribution is 2.11. The van der Waals surface area contributed by atoms with E-state index in [0.717, 1.165) is 26.2 Å². The molecular weight excluding hydrogens is 548 g/mol. The van der Waals surface area contributed by atoms with Crippen LogP contribution in [0.25, 0.3) is 0 Å². The summed E-state index contributed by atoms with van der Waals surface area (Å²) < 4.78 is 0. The van der Waals surface area contributed by atoms with Gasteiger partial charge in [-0.25, -0.2) is 0 Å². The van der Waals surface area contributed by atoms with Crippen molar-refractivity contribution in [2.24, 2.45) is 5.92 Å². The number of hydrogen-bond acceptors (Lipinski definition) is 7. The SMILES string of the molecule is CC(=O)NC(CC(=O)O)C(=O)NC(C)C(=O)NC(C(=O)NC(CC(=O)O)C(=O)CCCCCc1ccccc1)C(C)C. The molecule has 0 aliphatic carbocycles. The maximum Gasteiger partial charge on any atom is 0.305 e. The number of aliphatic carboxylic acids is 2. The van der Waals surface area contributed by atoms with E-state index in [1.807, 2.05) is 30.3 Å². The Labute approximate surface area is 245 Å². The number of aryl methyl sites for hydroxylation is 1. The zero-order valence-electron chi connectivity index (χ0n) is 24.5. The lowest BCUT2D eigenvalue weighted by molar-refractivity contribution is -0.141. The van der Waals surface area contributed by atoms with E-state index in [2.05, 4.69) is 21.3 Å². The van der Waals surface area contributed by atoms with Crippen molar-refractivity contribution in [2.75, 3.05) is 0 Å². The molecule has 4 amide bonds. The fraction of sp³-hybridized carbons (Fsp3) is 0.552. The van der Waals surface area contributed by atoms with Crippen molar-refractivity contribution in [1.82, 2.24) is 21.3 Å². The number of hydrogen-bond donors (Lipinski definition) is 6. The van der Waals surface area contributed by atoms with E-state index < -0.39 is 84.3 Å². The fourth-order valence-electron chi connectivity index (χ4n) is 4.13. The van der Waals surface area contributed by atoms with Gasteiger partial charge in [0.1, 0.15) is 18.1 Å². The summed E-state index contributed by atoms with van der Waals surface area (Å²) in [7, 11) is 0. The minimum absolute atomic E-state index is 0.0839. The molecule has 0 aromatic heterocycles. The summed E-state index contributed by atoms with van der Waals surface area (Å²) in [5.74, 6) is -6.60. The van der Waals surface area contributed by atoms with Crippen LogP contribution in [0.4, 0.5) is 0 Å². The average molecular weight is 591 g/mol. The van der Waals surface area contributed by atoms with Crippen LogP contribution >= 0.6 is 0 Å². The predicted octanol–water partition coefficient (Wildman–Crippen LogP) is 0.943. The summed E-state index contributed by atoms with van der Waals surface area (Å²) in [6, 6.07) is 4.79. The number of carboxylic acid groups (broad SMARTS) is 2. The molecule has 6 N–H and O–H groups in total. The Balaban J connectivity index is 2.76. The van der Waals surface area contributed by atoms with Crippen molar-refractivity contribution in [3.05, 3.63) is 35.9 Å². The molecule has 0 aliphatic rings. The van der Waals surface area contributed by atoms with Crippen LogP contribution in [0.3, 0.4) is 0 Å². The molecule has 13 nitrogen and oxygen atoms in total. The van der Waals surface area contributed by atoms with Gasteiger partial charge >= 0.3 is 11.9 Å². The predicted molar refractivity (Wildman–Crippen MR) is 152 cm³/mol. The second-order valence-electron chi connectivity index (χ2n) is 10.5. The highest BCUT2D eigenvalue weighted by atomic mass is 16.4. The Hall–Kier alpha value is -4.29. The van der Waals surface area contributed by atoms with Gasteiger partial charge in [0.05, 0.1) is 18.9 Å².